The monoisotopic (exact) mass is 230 g/mol. The Kier molecular flexibility index (Phi) is 3.37. The highest BCUT2D eigenvalue weighted by Crippen LogP contribution is 2.08. The highest BCUT2D eigenvalue weighted by atomic mass is 19.1. The summed E-state index contributed by atoms with van der Waals surface area (Å²) < 4.78 is 18.3. The van der Waals surface area contributed by atoms with Crippen LogP contribution >= 0.6 is 0 Å². The number of hydrogen-bond donors (Lipinski definition) is 0. The van der Waals surface area contributed by atoms with Gasteiger partial charge in [-0.3, -0.25) is 0 Å². The van der Waals surface area contributed by atoms with E-state index in [2.05, 4.69) is 9.97 Å². The molecular weight excluding hydrogens is 218 g/mol. The second kappa shape index (κ2) is 4.95. The first-order valence-corrected chi connectivity index (χ1v) is 5.32. The minimum absolute atomic E-state index is 0.199. The summed E-state index contributed by atoms with van der Waals surface area (Å²) in [7, 11) is 2.02. The first-order valence-electron chi connectivity index (χ1n) is 5.32. The van der Waals surface area contributed by atoms with E-state index >= 15 is 0 Å². The van der Waals surface area contributed by atoms with Crippen LogP contribution in [0.15, 0.2) is 30.5 Å². The van der Waals surface area contributed by atoms with Crippen molar-refractivity contribution in [3.8, 4) is 6.01 Å². The molecule has 2 rings (SSSR count). The van der Waals surface area contributed by atoms with Gasteiger partial charge in [0.25, 0.3) is 0 Å². The summed E-state index contributed by atoms with van der Waals surface area (Å²) in [6.07, 6.45) is 1.12. The van der Waals surface area contributed by atoms with Gasteiger partial charge in [0, 0.05) is 0 Å². The largest absolute Gasteiger partial charge is 0.459 e. The third kappa shape index (κ3) is 3.03. The molecule has 0 saturated heterocycles. The average molecular weight is 230 g/mol. The molecule has 5 heteroatoms. The van der Waals surface area contributed by atoms with Gasteiger partial charge in [0.1, 0.15) is 14.5 Å². The third-order valence-corrected chi connectivity index (χ3v) is 2.39. The summed E-state index contributed by atoms with van der Waals surface area (Å²) in [4.78, 5) is 7.66. The van der Waals surface area contributed by atoms with Gasteiger partial charge in [-0.1, -0.05) is 29.7 Å². The molecule has 0 atom stereocenters. The molecule has 0 fully saturated rings. The molecule has 86 valence electrons. The number of nitrogens with zero attached hydrogens (tertiary/aromatic N) is 2. The van der Waals surface area contributed by atoms with Gasteiger partial charge >= 0.3 is 6.01 Å². The Labute approximate surface area is 100 Å². The predicted octanol–water partition coefficient (Wildman–Crippen LogP) is 0.762. The first kappa shape index (κ1) is 11.6. The summed E-state index contributed by atoms with van der Waals surface area (Å²) in [5.41, 5.74) is 2.52. The molecule has 3 nitrogen and oxygen atoms in total. The molecule has 0 aliphatic heterocycles. The lowest BCUT2D eigenvalue weighted by Crippen LogP contribution is -2.04. The molecule has 1 heterocycles. The summed E-state index contributed by atoms with van der Waals surface area (Å²) in [6, 6.07) is 8.17. The fraction of sp³-hybridized carbons (Fsp3) is 0.167. The number of aryl methyl sites for hydroxylation is 1. The Morgan fingerprint density at radius 2 is 2.00 bits per heavy atom. The van der Waals surface area contributed by atoms with Crippen molar-refractivity contribution in [1.29, 1.82) is 0 Å². The smallest absolute Gasteiger partial charge is 0.317 e. The van der Waals surface area contributed by atoms with Crippen molar-refractivity contribution in [3.63, 3.8) is 0 Å². The zero-order valence-electron chi connectivity index (χ0n) is 9.77. The fourth-order valence-corrected chi connectivity index (χ4v) is 1.33. The number of halogens is 1. The maximum absolute atomic E-state index is 12.9. The van der Waals surface area contributed by atoms with Crippen molar-refractivity contribution >= 4 is 13.3 Å². The Balaban J connectivity index is 2.02. The van der Waals surface area contributed by atoms with Crippen molar-refractivity contribution in [2.75, 3.05) is 0 Å². The lowest BCUT2D eigenvalue weighted by Gasteiger charge is -2.05. The fourth-order valence-electron chi connectivity index (χ4n) is 1.33. The van der Waals surface area contributed by atoms with E-state index in [1.165, 1.54) is 5.46 Å². The van der Waals surface area contributed by atoms with Crippen LogP contribution in [0.25, 0.3) is 0 Å². The van der Waals surface area contributed by atoms with Gasteiger partial charge in [0.05, 0.1) is 11.9 Å². The molecule has 0 unspecified atom stereocenters. The van der Waals surface area contributed by atoms with E-state index in [-0.39, 0.29) is 6.01 Å². The molecule has 0 saturated carbocycles. The Hall–Kier alpha value is -1.91. The van der Waals surface area contributed by atoms with Crippen LogP contribution in [0.5, 0.6) is 6.01 Å². The summed E-state index contributed by atoms with van der Waals surface area (Å²) >= 11 is 0. The predicted molar refractivity (Wildman–Crippen MR) is 65.7 cm³/mol. The molecule has 0 aliphatic rings. The minimum atomic E-state index is -0.423. The Bertz CT molecular complexity index is 516. The van der Waals surface area contributed by atoms with E-state index in [4.69, 9.17) is 4.74 Å². The number of hydrogen-bond acceptors (Lipinski definition) is 3. The van der Waals surface area contributed by atoms with Gasteiger partial charge in [-0.05, 0) is 12.5 Å². The quantitative estimate of drug-likeness (QED) is 0.730. The van der Waals surface area contributed by atoms with Crippen LogP contribution in [-0.2, 0) is 6.61 Å². The molecule has 0 amide bonds. The van der Waals surface area contributed by atoms with Crippen molar-refractivity contribution in [3.05, 3.63) is 47.5 Å². The van der Waals surface area contributed by atoms with Crippen LogP contribution in [0.3, 0.4) is 0 Å². The van der Waals surface area contributed by atoms with E-state index in [0.717, 1.165) is 11.8 Å². The normalized spacial score (nSPS) is 10.2. The molecule has 2 aromatic rings. The summed E-state index contributed by atoms with van der Waals surface area (Å²) in [5.74, 6) is -0.423. The molecule has 0 N–H and O–H groups in total. The number of rotatable bonds is 3. The van der Waals surface area contributed by atoms with Crippen LogP contribution in [0, 0.1) is 12.7 Å². The Morgan fingerprint density at radius 3 is 2.65 bits per heavy atom. The van der Waals surface area contributed by atoms with Gasteiger partial charge in [-0.25, -0.2) is 9.37 Å². The topological polar surface area (TPSA) is 35.0 Å². The summed E-state index contributed by atoms with van der Waals surface area (Å²) in [5, 5.41) is 0. The van der Waals surface area contributed by atoms with Gasteiger partial charge in [0.2, 0.25) is 0 Å². The number of ether oxygens (including phenoxy) is 1. The highest BCUT2D eigenvalue weighted by molar-refractivity contribution is 6.32. The van der Waals surface area contributed by atoms with Crippen LogP contribution < -0.4 is 10.2 Å². The van der Waals surface area contributed by atoms with Crippen molar-refractivity contribution in [2.24, 2.45) is 0 Å². The van der Waals surface area contributed by atoms with Crippen molar-refractivity contribution < 1.29 is 9.13 Å². The van der Waals surface area contributed by atoms with Gasteiger partial charge in [-0.15, -0.1) is 0 Å². The van der Waals surface area contributed by atoms with E-state index in [0.29, 0.717) is 12.3 Å². The lowest BCUT2D eigenvalue weighted by atomic mass is 9.95. The van der Waals surface area contributed by atoms with E-state index < -0.39 is 5.82 Å². The zero-order chi connectivity index (χ0) is 12.3. The molecule has 0 bridgehead atoms. The maximum atomic E-state index is 12.9. The third-order valence-electron chi connectivity index (χ3n) is 2.39. The van der Waals surface area contributed by atoms with Crippen LogP contribution in [0.2, 0.25) is 0 Å². The van der Waals surface area contributed by atoms with Gasteiger partial charge in [0.15, 0.2) is 5.82 Å². The minimum Gasteiger partial charge on any atom is -0.459 e. The average Bonchev–Trinajstić information content (AvgIpc) is 2.33. The van der Waals surface area contributed by atoms with E-state index in [1.807, 2.05) is 32.1 Å². The van der Waals surface area contributed by atoms with Gasteiger partial charge in [-0.2, -0.15) is 4.98 Å². The molecule has 1 aromatic carbocycles. The van der Waals surface area contributed by atoms with E-state index in [9.17, 15) is 4.39 Å². The molecule has 0 aliphatic carbocycles. The van der Waals surface area contributed by atoms with Crippen LogP contribution in [0.4, 0.5) is 4.39 Å². The number of aromatic nitrogens is 2. The lowest BCUT2D eigenvalue weighted by molar-refractivity contribution is 0.278. The van der Waals surface area contributed by atoms with E-state index in [1.54, 1.807) is 6.92 Å². The van der Waals surface area contributed by atoms with Crippen molar-refractivity contribution in [2.45, 2.75) is 13.5 Å². The van der Waals surface area contributed by atoms with Gasteiger partial charge < -0.3 is 4.74 Å². The molecule has 17 heavy (non-hydrogen) atoms. The second-order valence-electron chi connectivity index (χ2n) is 3.86. The van der Waals surface area contributed by atoms with Crippen molar-refractivity contribution in [1.82, 2.24) is 9.97 Å². The van der Waals surface area contributed by atoms with Crippen LogP contribution in [-0.4, -0.2) is 17.8 Å². The molecular formula is C12H12BFN2O. The standard InChI is InChI=1S/C12H12BFN2O/c1-8-11(14)6-15-12(16-8)17-7-9-2-4-10(13)5-3-9/h2-6H,7,13H2,1H3. The molecule has 0 spiro atoms. The summed E-state index contributed by atoms with van der Waals surface area (Å²) in [6.45, 7) is 1.96. The molecule has 0 radical (unpaired) electrons. The zero-order valence-corrected chi connectivity index (χ0v) is 9.77. The maximum Gasteiger partial charge on any atom is 0.317 e. The second-order valence-corrected chi connectivity index (χ2v) is 3.86. The Morgan fingerprint density at radius 1 is 1.29 bits per heavy atom. The highest BCUT2D eigenvalue weighted by Gasteiger charge is 2.03. The van der Waals surface area contributed by atoms with Crippen LogP contribution in [0.1, 0.15) is 11.3 Å². The number of benzene rings is 1. The SMILES string of the molecule is Bc1ccc(COc2ncc(F)c(C)n2)cc1. The first-order chi connectivity index (χ1) is 8.15. The molecule has 1 aromatic heterocycles.